The molecule has 0 aliphatic carbocycles. The summed E-state index contributed by atoms with van der Waals surface area (Å²) in [5, 5.41) is 7.97. The van der Waals surface area contributed by atoms with Crippen molar-refractivity contribution in [1.82, 2.24) is 29.2 Å². The number of carbonyl (C=O) groups excluding carboxylic acids is 1. The van der Waals surface area contributed by atoms with E-state index in [2.05, 4.69) is 25.3 Å². The van der Waals surface area contributed by atoms with E-state index in [4.69, 9.17) is 9.47 Å². The van der Waals surface area contributed by atoms with Crippen LogP contribution < -0.4 is 20.5 Å². The average molecular weight is 693 g/mol. The molecule has 260 valence electrons. The summed E-state index contributed by atoms with van der Waals surface area (Å²) in [4.78, 5) is 39.1. The van der Waals surface area contributed by atoms with Crippen molar-refractivity contribution < 1.29 is 23.0 Å². The third kappa shape index (κ3) is 7.32. The Balaban J connectivity index is 1.17. The van der Waals surface area contributed by atoms with Gasteiger partial charge in [-0.05, 0) is 66.2 Å². The van der Waals surface area contributed by atoms with Crippen LogP contribution in [-0.2, 0) is 11.3 Å². The molecule has 3 aromatic heterocycles. The van der Waals surface area contributed by atoms with Gasteiger partial charge in [0.15, 0.2) is 11.3 Å². The highest BCUT2D eigenvalue weighted by Gasteiger charge is 2.22. The molecule has 0 atom stereocenters. The quantitative estimate of drug-likeness (QED) is 0.199. The number of nitrogens with one attached hydrogen (secondary N) is 1. The van der Waals surface area contributed by atoms with E-state index in [1.54, 1.807) is 36.3 Å². The Kier molecular flexibility index (Phi) is 9.76. The van der Waals surface area contributed by atoms with Crippen LogP contribution in [0.2, 0.25) is 0 Å². The molecule has 0 unspecified atom stereocenters. The maximum atomic E-state index is 16.2. The lowest BCUT2D eigenvalue weighted by molar-refractivity contribution is 0.0394. The summed E-state index contributed by atoms with van der Waals surface area (Å²) in [7, 11) is 1.62. The van der Waals surface area contributed by atoms with Crippen molar-refractivity contribution in [1.29, 1.82) is 0 Å². The minimum absolute atomic E-state index is 0.139. The standard InChI is InChI=1S/C37H34F2N8O4/c1-50-29-9-2-25(3-10-29)24-47-35-30(23-42-47)32(12-13-41-35)46(17-16-44-18-20-51-21-19-44)33-11-6-27(22-31(33)39)43-36(48)34-37(49)45(15-14-40-34)28-7-4-26(38)5-8-28/h2-15,22-23H,16-21,24H2,1H3,(H,43,48). The van der Waals surface area contributed by atoms with Gasteiger partial charge in [-0.25, -0.2) is 23.4 Å². The monoisotopic (exact) mass is 692 g/mol. The molecular formula is C37H34F2N8O4. The summed E-state index contributed by atoms with van der Waals surface area (Å²) < 4.78 is 43.4. The number of nitrogens with zero attached hydrogens (tertiary/aromatic N) is 7. The van der Waals surface area contributed by atoms with Gasteiger partial charge in [-0.3, -0.25) is 19.1 Å². The smallest absolute Gasteiger partial charge is 0.286 e. The molecule has 1 aliphatic rings. The van der Waals surface area contributed by atoms with E-state index in [0.717, 1.165) is 35.5 Å². The number of carbonyl (C=O) groups is 1. The Hall–Kier alpha value is -5.99. The Morgan fingerprint density at radius 2 is 1.75 bits per heavy atom. The molecule has 6 aromatic rings. The second-order valence-corrected chi connectivity index (χ2v) is 11.9. The molecular weight excluding hydrogens is 658 g/mol. The Bertz CT molecular complexity index is 2220. The van der Waals surface area contributed by atoms with Crippen LogP contribution in [-0.4, -0.2) is 81.6 Å². The zero-order chi connectivity index (χ0) is 35.3. The third-order valence-corrected chi connectivity index (χ3v) is 8.70. The summed E-state index contributed by atoms with van der Waals surface area (Å²) in [6.45, 7) is 4.36. The van der Waals surface area contributed by atoms with Crippen molar-refractivity contribution >= 4 is 34.0 Å². The van der Waals surface area contributed by atoms with Crippen molar-refractivity contribution in [3.05, 3.63) is 131 Å². The summed E-state index contributed by atoms with van der Waals surface area (Å²) >= 11 is 0. The number of rotatable bonds is 11. The Labute approximate surface area is 291 Å². The van der Waals surface area contributed by atoms with Crippen LogP contribution in [0.15, 0.2) is 102 Å². The fourth-order valence-corrected chi connectivity index (χ4v) is 6.02. The van der Waals surface area contributed by atoms with E-state index in [1.807, 2.05) is 35.2 Å². The number of halogens is 2. The first kappa shape index (κ1) is 33.5. The molecule has 7 rings (SSSR count). The summed E-state index contributed by atoms with van der Waals surface area (Å²) in [5.74, 6) is -1.10. The van der Waals surface area contributed by atoms with Gasteiger partial charge < -0.3 is 19.7 Å². The fourth-order valence-electron chi connectivity index (χ4n) is 6.02. The highest BCUT2D eigenvalue weighted by Crippen LogP contribution is 2.34. The largest absolute Gasteiger partial charge is 0.497 e. The number of ether oxygens (including phenoxy) is 2. The number of benzene rings is 3. The van der Waals surface area contributed by atoms with Crippen LogP contribution in [0.4, 0.5) is 25.8 Å². The van der Waals surface area contributed by atoms with Crippen molar-refractivity contribution in [3.63, 3.8) is 0 Å². The first-order valence-electron chi connectivity index (χ1n) is 16.3. The minimum Gasteiger partial charge on any atom is -0.497 e. The second kappa shape index (κ2) is 14.9. The van der Waals surface area contributed by atoms with E-state index in [0.29, 0.717) is 44.2 Å². The van der Waals surface area contributed by atoms with Crippen molar-refractivity contribution in [3.8, 4) is 11.4 Å². The van der Waals surface area contributed by atoms with Crippen LogP contribution >= 0.6 is 0 Å². The molecule has 12 nitrogen and oxygen atoms in total. The number of methoxy groups -OCH3 is 1. The number of aromatic nitrogens is 5. The molecule has 4 heterocycles. The minimum atomic E-state index is -0.812. The van der Waals surface area contributed by atoms with Crippen molar-refractivity contribution in [2.24, 2.45) is 0 Å². The van der Waals surface area contributed by atoms with Crippen LogP contribution in [0.1, 0.15) is 16.1 Å². The van der Waals surface area contributed by atoms with Gasteiger partial charge in [0, 0.05) is 56.1 Å². The molecule has 1 fully saturated rings. The van der Waals surface area contributed by atoms with Crippen molar-refractivity contribution in [2.45, 2.75) is 6.54 Å². The molecule has 0 saturated carbocycles. The zero-order valence-corrected chi connectivity index (χ0v) is 27.7. The molecule has 3 aromatic carbocycles. The first-order chi connectivity index (χ1) is 24.9. The summed E-state index contributed by atoms with van der Waals surface area (Å²) in [6.07, 6.45) is 6.10. The normalized spacial score (nSPS) is 13.3. The first-order valence-corrected chi connectivity index (χ1v) is 16.3. The van der Waals surface area contributed by atoms with Gasteiger partial charge in [0.2, 0.25) is 0 Å². The van der Waals surface area contributed by atoms with E-state index in [1.165, 1.54) is 47.3 Å². The van der Waals surface area contributed by atoms with Gasteiger partial charge >= 0.3 is 0 Å². The number of hydrogen-bond acceptors (Lipinski definition) is 9. The maximum Gasteiger partial charge on any atom is 0.286 e. The molecule has 0 spiro atoms. The van der Waals surface area contributed by atoms with E-state index < -0.39 is 28.8 Å². The van der Waals surface area contributed by atoms with Gasteiger partial charge in [0.25, 0.3) is 11.5 Å². The van der Waals surface area contributed by atoms with Crippen LogP contribution in [0.3, 0.4) is 0 Å². The number of amides is 1. The van der Waals surface area contributed by atoms with Gasteiger partial charge in [-0.15, -0.1) is 0 Å². The van der Waals surface area contributed by atoms with Crippen LogP contribution in [0, 0.1) is 11.6 Å². The van der Waals surface area contributed by atoms with Crippen LogP contribution in [0.25, 0.3) is 16.7 Å². The summed E-state index contributed by atoms with van der Waals surface area (Å²) in [6, 6.07) is 19.2. The second-order valence-electron chi connectivity index (χ2n) is 11.9. The number of pyridine rings is 1. The fraction of sp³-hybridized carbons (Fsp3) is 0.216. The van der Waals surface area contributed by atoms with Gasteiger partial charge in [-0.1, -0.05) is 12.1 Å². The highest BCUT2D eigenvalue weighted by atomic mass is 19.1. The number of morpholine rings is 1. The summed E-state index contributed by atoms with van der Waals surface area (Å²) in [5.41, 5.74) is 2.06. The Morgan fingerprint density at radius 1 is 0.961 bits per heavy atom. The van der Waals surface area contributed by atoms with Crippen molar-refractivity contribution in [2.75, 3.05) is 56.7 Å². The molecule has 1 aliphatic heterocycles. The zero-order valence-electron chi connectivity index (χ0n) is 27.7. The highest BCUT2D eigenvalue weighted by molar-refractivity contribution is 6.02. The topological polar surface area (TPSA) is 120 Å². The van der Waals surface area contributed by atoms with Gasteiger partial charge in [0.1, 0.15) is 17.4 Å². The molecule has 1 N–H and O–H groups in total. The van der Waals surface area contributed by atoms with E-state index in [-0.39, 0.29) is 11.4 Å². The lowest BCUT2D eigenvalue weighted by atomic mass is 10.2. The predicted molar refractivity (Wildman–Crippen MR) is 188 cm³/mol. The molecule has 1 saturated heterocycles. The number of hydrogen-bond donors (Lipinski definition) is 1. The molecule has 0 bridgehead atoms. The number of fused-ring (bicyclic) bond motifs is 1. The number of anilines is 3. The maximum absolute atomic E-state index is 16.2. The SMILES string of the molecule is COc1ccc(Cn2ncc3c(N(CCN4CCOCC4)c4ccc(NC(=O)c5nccn(-c6ccc(F)cc6)c5=O)cc4F)ccnc32)cc1. The predicted octanol–water partition coefficient (Wildman–Crippen LogP) is 5.03. The lowest BCUT2D eigenvalue weighted by Crippen LogP contribution is -2.40. The Morgan fingerprint density at radius 3 is 2.49 bits per heavy atom. The average Bonchev–Trinajstić information content (AvgIpc) is 3.56. The molecule has 1 amide bonds. The molecule has 0 radical (unpaired) electrons. The van der Waals surface area contributed by atoms with E-state index in [9.17, 15) is 14.0 Å². The van der Waals surface area contributed by atoms with E-state index >= 15 is 4.39 Å². The van der Waals surface area contributed by atoms with Gasteiger partial charge in [0.05, 0.1) is 49.8 Å². The lowest BCUT2D eigenvalue weighted by Gasteiger charge is -2.31. The van der Waals surface area contributed by atoms with Crippen LogP contribution in [0.5, 0.6) is 5.75 Å². The molecule has 51 heavy (non-hydrogen) atoms. The third-order valence-electron chi connectivity index (χ3n) is 8.70. The molecule has 14 heteroatoms. The van der Waals surface area contributed by atoms with Gasteiger partial charge in [-0.2, -0.15) is 5.10 Å².